The molecule has 1 atom stereocenters. The summed E-state index contributed by atoms with van der Waals surface area (Å²) in [5.41, 5.74) is 1.03. The molecule has 19 heavy (non-hydrogen) atoms. The van der Waals surface area contributed by atoms with Crippen LogP contribution in [0.15, 0.2) is 22.7 Å². The summed E-state index contributed by atoms with van der Waals surface area (Å²) < 4.78 is 45.8. The fraction of sp³-hybridized carbons (Fsp3) is 0.500. The number of hydrogen-bond donors (Lipinski definition) is 1. The van der Waals surface area contributed by atoms with E-state index >= 15 is 0 Å². The van der Waals surface area contributed by atoms with Crippen LogP contribution >= 0.6 is 15.9 Å². The van der Waals surface area contributed by atoms with E-state index in [1.807, 2.05) is 13.0 Å². The van der Waals surface area contributed by atoms with Gasteiger partial charge in [-0.05, 0) is 24.6 Å². The smallest absolute Gasteiger partial charge is 0.411 e. The van der Waals surface area contributed by atoms with Crippen LogP contribution in [0, 0.1) is 6.92 Å². The van der Waals surface area contributed by atoms with Gasteiger partial charge in [0.05, 0.1) is 6.61 Å². The minimum absolute atomic E-state index is 0.132. The van der Waals surface area contributed by atoms with E-state index in [-0.39, 0.29) is 6.61 Å². The van der Waals surface area contributed by atoms with E-state index in [1.54, 1.807) is 12.1 Å². The van der Waals surface area contributed by atoms with Crippen LogP contribution in [0.3, 0.4) is 0 Å². The Balaban J connectivity index is 2.29. The van der Waals surface area contributed by atoms with Crippen molar-refractivity contribution in [2.75, 3.05) is 19.8 Å². The molecule has 1 N–H and O–H groups in total. The van der Waals surface area contributed by atoms with Crippen LogP contribution in [0.2, 0.25) is 0 Å². The molecular formula is C12H14BrF3O3. The average molecular weight is 343 g/mol. The van der Waals surface area contributed by atoms with Crippen LogP contribution in [0.25, 0.3) is 0 Å². The van der Waals surface area contributed by atoms with Crippen molar-refractivity contribution in [3.05, 3.63) is 28.2 Å². The Morgan fingerprint density at radius 1 is 1.32 bits per heavy atom. The second kappa shape index (κ2) is 7.12. The van der Waals surface area contributed by atoms with Crippen LogP contribution in [0.5, 0.6) is 5.75 Å². The van der Waals surface area contributed by atoms with E-state index in [0.717, 1.165) is 10.0 Å². The van der Waals surface area contributed by atoms with E-state index < -0.39 is 25.5 Å². The molecule has 3 nitrogen and oxygen atoms in total. The van der Waals surface area contributed by atoms with Crippen molar-refractivity contribution < 1.29 is 27.8 Å². The molecule has 0 amide bonds. The predicted octanol–water partition coefficient (Wildman–Crippen LogP) is 3.08. The lowest BCUT2D eigenvalue weighted by atomic mass is 10.2. The number of rotatable bonds is 6. The highest BCUT2D eigenvalue weighted by molar-refractivity contribution is 9.10. The summed E-state index contributed by atoms with van der Waals surface area (Å²) in [6.07, 6.45) is -5.50. The second-order valence-corrected chi connectivity index (χ2v) is 4.86. The normalized spacial score (nSPS) is 13.4. The van der Waals surface area contributed by atoms with Crippen molar-refractivity contribution in [3.8, 4) is 5.75 Å². The van der Waals surface area contributed by atoms with E-state index in [9.17, 15) is 18.3 Å². The first-order valence-corrected chi connectivity index (χ1v) is 6.29. The first kappa shape index (κ1) is 16.3. The molecule has 1 aromatic rings. The molecule has 108 valence electrons. The van der Waals surface area contributed by atoms with Crippen LogP contribution in [-0.2, 0) is 4.74 Å². The molecule has 0 aliphatic carbocycles. The Kier molecular flexibility index (Phi) is 6.09. The van der Waals surface area contributed by atoms with Gasteiger partial charge in [0.25, 0.3) is 0 Å². The summed E-state index contributed by atoms with van der Waals surface area (Å²) >= 11 is 3.32. The summed E-state index contributed by atoms with van der Waals surface area (Å²) in [4.78, 5) is 0. The number of benzene rings is 1. The third-order valence-electron chi connectivity index (χ3n) is 2.16. The van der Waals surface area contributed by atoms with E-state index in [0.29, 0.717) is 5.75 Å². The average Bonchev–Trinajstić information content (AvgIpc) is 2.29. The van der Waals surface area contributed by atoms with Gasteiger partial charge in [0, 0.05) is 4.47 Å². The number of aliphatic hydroxyl groups is 1. The van der Waals surface area contributed by atoms with Crippen molar-refractivity contribution in [3.63, 3.8) is 0 Å². The minimum Gasteiger partial charge on any atom is -0.491 e. The molecule has 0 fully saturated rings. The van der Waals surface area contributed by atoms with Gasteiger partial charge in [-0.25, -0.2) is 0 Å². The molecule has 0 saturated heterocycles. The molecular weight excluding hydrogens is 329 g/mol. The highest BCUT2D eigenvalue weighted by Crippen LogP contribution is 2.22. The Labute approximate surface area is 117 Å². The molecule has 1 unspecified atom stereocenters. The van der Waals surface area contributed by atoms with Gasteiger partial charge >= 0.3 is 6.18 Å². The Hall–Kier alpha value is -0.790. The van der Waals surface area contributed by atoms with Crippen molar-refractivity contribution in [2.24, 2.45) is 0 Å². The molecule has 0 aliphatic heterocycles. The van der Waals surface area contributed by atoms with Crippen LogP contribution in [-0.4, -0.2) is 37.2 Å². The van der Waals surface area contributed by atoms with E-state index in [1.165, 1.54) is 0 Å². The molecule has 0 heterocycles. The molecule has 0 bridgehead atoms. The Bertz CT molecular complexity index is 410. The maximum absolute atomic E-state index is 11.8. The maximum atomic E-state index is 11.8. The number of alkyl halides is 3. The largest absolute Gasteiger partial charge is 0.491 e. The maximum Gasteiger partial charge on any atom is 0.411 e. The second-order valence-electron chi connectivity index (χ2n) is 4.01. The zero-order chi connectivity index (χ0) is 14.5. The third kappa shape index (κ3) is 6.79. The van der Waals surface area contributed by atoms with Gasteiger partial charge in [-0.3, -0.25) is 0 Å². The predicted molar refractivity (Wildman–Crippen MR) is 67.3 cm³/mol. The van der Waals surface area contributed by atoms with E-state index in [4.69, 9.17) is 4.74 Å². The summed E-state index contributed by atoms with van der Waals surface area (Å²) in [6.45, 7) is -0.0201. The van der Waals surface area contributed by atoms with Crippen LogP contribution in [0.4, 0.5) is 13.2 Å². The number of hydrogen-bond acceptors (Lipinski definition) is 3. The van der Waals surface area contributed by atoms with Gasteiger partial charge in [0.2, 0.25) is 0 Å². The lowest BCUT2D eigenvalue weighted by Gasteiger charge is -2.14. The topological polar surface area (TPSA) is 38.7 Å². The first-order chi connectivity index (χ1) is 8.78. The highest BCUT2D eigenvalue weighted by Gasteiger charge is 2.27. The quantitative estimate of drug-likeness (QED) is 0.863. The number of aliphatic hydroxyl groups excluding tert-OH is 1. The number of halogens is 4. The van der Waals surface area contributed by atoms with Gasteiger partial charge in [0.15, 0.2) is 0 Å². The first-order valence-electron chi connectivity index (χ1n) is 5.49. The van der Waals surface area contributed by atoms with Crippen molar-refractivity contribution in [1.29, 1.82) is 0 Å². The van der Waals surface area contributed by atoms with Crippen molar-refractivity contribution in [1.82, 2.24) is 0 Å². The van der Waals surface area contributed by atoms with Gasteiger partial charge in [-0.2, -0.15) is 13.2 Å². The Morgan fingerprint density at radius 3 is 2.58 bits per heavy atom. The summed E-state index contributed by atoms with van der Waals surface area (Å²) in [5, 5.41) is 9.40. The summed E-state index contributed by atoms with van der Waals surface area (Å²) in [7, 11) is 0. The van der Waals surface area contributed by atoms with Gasteiger partial charge in [-0.15, -0.1) is 0 Å². The summed E-state index contributed by atoms with van der Waals surface area (Å²) in [6, 6.07) is 5.26. The monoisotopic (exact) mass is 342 g/mol. The third-order valence-corrected chi connectivity index (χ3v) is 3.02. The molecule has 1 rings (SSSR count). The van der Waals surface area contributed by atoms with Crippen LogP contribution in [0.1, 0.15) is 5.56 Å². The van der Waals surface area contributed by atoms with Crippen molar-refractivity contribution in [2.45, 2.75) is 19.2 Å². The SMILES string of the molecule is Cc1ccc(OCC(O)COCC(F)(F)F)cc1Br. The summed E-state index contributed by atoms with van der Waals surface area (Å²) in [5.74, 6) is 0.521. The molecule has 0 spiro atoms. The minimum atomic E-state index is -4.39. The lowest BCUT2D eigenvalue weighted by molar-refractivity contribution is -0.179. The fourth-order valence-corrected chi connectivity index (χ4v) is 1.57. The van der Waals surface area contributed by atoms with Gasteiger partial charge < -0.3 is 14.6 Å². The molecule has 0 aliphatic rings. The van der Waals surface area contributed by atoms with E-state index in [2.05, 4.69) is 20.7 Å². The van der Waals surface area contributed by atoms with Crippen LogP contribution < -0.4 is 4.74 Å². The number of ether oxygens (including phenoxy) is 2. The van der Waals surface area contributed by atoms with Gasteiger partial charge in [-0.1, -0.05) is 22.0 Å². The van der Waals surface area contributed by atoms with Gasteiger partial charge in [0.1, 0.15) is 25.1 Å². The standard InChI is InChI=1S/C12H14BrF3O3/c1-8-2-3-10(4-11(8)13)19-6-9(17)5-18-7-12(14,15)16/h2-4,9,17H,5-7H2,1H3. The molecule has 0 saturated carbocycles. The zero-order valence-corrected chi connectivity index (χ0v) is 11.8. The fourth-order valence-electron chi connectivity index (χ4n) is 1.21. The highest BCUT2D eigenvalue weighted by atomic mass is 79.9. The lowest BCUT2D eigenvalue weighted by Crippen LogP contribution is -2.27. The molecule has 0 aromatic heterocycles. The molecule has 1 aromatic carbocycles. The zero-order valence-electron chi connectivity index (χ0n) is 10.2. The number of aryl methyl sites for hydroxylation is 1. The van der Waals surface area contributed by atoms with Crippen molar-refractivity contribution >= 4 is 15.9 Å². The molecule has 0 radical (unpaired) electrons. The molecule has 7 heteroatoms. The Morgan fingerprint density at radius 2 is 2.00 bits per heavy atom.